The first-order valence-electron chi connectivity index (χ1n) is 6.43. The molecule has 5 nitrogen and oxygen atoms in total. The van der Waals surface area contributed by atoms with E-state index in [1.54, 1.807) is 13.1 Å². The van der Waals surface area contributed by atoms with Gasteiger partial charge in [0.2, 0.25) is 0 Å². The average Bonchev–Trinajstić information content (AvgIpc) is 3.04. The fourth-order valence-corrected chi connectivity index (χ4v) is 4.71. The Morgan fingerprint density at radius 1 is 1.24 bits per heavy atom. The SMILES string of the molecule is Cc1ccc(S(=O)(=O)N(C)Cc2nc3ccccc3[nH]2)s1. The van der Waals surface area contributed by atoms with Crippen molar-refractivity contribution >= 4 is 32.4 Å². The summed E-state index contributed by atoms with van der Waals surface area (Å²) in [5.41, 5.74) is 1.75. The third-order valence-corrected chi connectivity index (χ3v) is 6.46. The van der Waals surface area contributed by atoms with E-state index in [9.17, 15) is 8.42 Å². The van der Waals surface area contributed by atoms with Crippen LogP contribution in [-0.2, 0) is 16.6 Å². The van der Waals surface area contributed by atoms with Gasteiger partial charge >= 0.3 is 0 Å². The van der Waals surface area contributed by atoms with Gasteiger partial charge < -0.3 is 4.98 Å². The van der Waals surface area contributed by atoms with Crippen LogP contribution in [0.5, 0.6) is 0 Å². The molecule has 0 spiro atoms. The van der Waals surface area contributed by atoms with E-state index in [1.165, 1.54) is 15.6 Å². The van der Waals surface area contributed by atoms with Crippen LogP contribution in [0.3, 0.4) is 0 Å². The van der Waals surface area contributed by atoms with Crippen LogP contribution in [0.25, 0.3) is 11.0 Å². The molecule has 3 aromatic rings. The van der Waals surface area contributed by atoms with Crippen molar-refractivity contribution in [2.45, 2.75) is 17.7 Å². The number of benzene rings is 1. The lowest BCUT2D eigenvalue weighted by Crippen LogP contribution is -2.26. The summed E-state index contributed by atoms with van der Waals surface area (Å²) in [4.78, 5) is 8.53. The number of fused-ring (bicyclic) bond motifs is 1. The van der Waals surface area contributed by atoms with Crippen LogP contribution in [-0.4, -0.2) is 29.7 Å². The molecule has 0 amide bonds. The lowest BCUT2D eigenvalue weighted by molar-refractivity contribution is 0.460. The van der Waals surface area contributed by atoms with Crippen molar-refractivity contribution in [3.05, 3.63) is 47.1 Å². The number of imidazole rings is 1. The van der Waals surface area contributed by atoms with Crippen molar-refractivity contribution in [1.29, 1.82) is 0 Å². The lowest BCUT2D eigenvalue weighted by atomic mass is 10.3. The van der Waals surface area contributed by atoms with E-state index in [-0.39, 0.29) is 6.54 Å². The predicted octanol–water partition coefficient (Wildman–Crippen LogP) is 2.75. The first-order chi connectivity index (χ1) is 9.96. The van der Waals surface area contributed by atoms with Crippen LogP contribution >= 0.6 is 11.3 Å². The van der Waals surface area contributed by atoms with Crippen LogP contribution in [0.15, 0.2) is 40.6 Å². The van der Waals surface area contributed by atoms with Gasteiger partial charge in [-0.15, -0.1) is 11.3 Å². The van der Waals surface area contributed by atoms with E-state index in [0.29, 0.717) is 10.0 Å². The Kier molecular flexibility index (Phi) is 3.56. The molecule has 0 fully saturated rings. The van der Waals surface area contributed by atoms with Gasteiger partial charge in [0.25, 0.3) is 10.0 Å². The number of rotatable bonds is 4. The zero-order valence-corrected chi connectivity index (χ0v) is 13.3. The Morgan fingerprint density at radius 2 is 2.00 bits per heavy atom. The van der Waals surface area contributed by atoms with Crippen molar-refractivity contribution < 1.29 is 8.42 Å². The van der Waals surface area contributed by atoms with Gasteiger partial charge in [0.1, 0.15) is 10.0 Å². The number of sulfonamides is 1. The van der Waals surface area contributed by atoms with Crippen molar-refractivity contribution in [3.8, 4) is 0 Å². The number of hydrogen-bond donors (Lipinski definition) is 1. The fourth-order valence-electron chi connectivity index (χ4n) is 2.08. The number of aromatic nitrogens is 2. The van der Waals surface area contributed by atoms with E-state index in [0.717, 1.165) is 15.9 Å². The number of H-pyrrole nitrogens is 1. The standard InChI is InChI=1S/C14H15N3O2S2/c1-10-7-8-14(20-10)21(18,19)17(2)9-13-15-11-5-3-4-6-12(11)16-13/h3-8H,9H2,1-2H3,(H,15,16). The molecule has 0 atom stereocenters. The number of nitrogens with zero attached hydrogens (tertiary/aromatic N) is 2. The lowest BCUT2D eigenvalue weighted by Gasteiger charge is -2.14. The van der Waals surface area contributed by atoms with Crippen molar-refractivity contribution in [2.24, 2.45) is 0 Å². The summed E-state index contributed by atoms with van der Waals surface area (Å²) in [5, 5.41) is 0. The minimum atomic E-state index is -3.46. The molecular weight excluding hydrogens is 306 g/mol. The maximum absolute atomic E-state index is 12.5. The second-order valence-corrected chi connectivity index (χ2v) is 8.39. The highest BCUT2D eigenvalue weighted by Crippen LogP contribution is 2.24. The van der Waals surface area contributed by atoms with Gasteiger partial charge in [-0.05, 0) is 31.2 Å². The number of hydrogen-bond acceptors (Lipinski definition) is 4. The van der Waals surface area contributed by atoms with Crippen molar-refractivity contribution in [3.63, 3.8) is 0 Å². The number of para-hydroxylation sites is 2. The monoisotopic (exact) mass is 321 g/mol. The summed E-state index contributed by atoms with van der Waals surface area (Å²) >= 11 is 1.28. The minimum Gasteiger partial charge on any atom is -0.341 e. The summed E-state index contributed by atoms with van der Waals surface area (Å²) in [5.74, 6) is 0.635. The van der Waals surface area contributed by atoms with Crippen LogP contribution in [0.2, 0.25) is 0 Å². The summed E-state index contributed by atoms with van der Waals surface area (Å²) in [6.45, 7) is 2.11. The second-order valence-electron chi connectivity index (χ2n) is 4.83. The first-order valence-corrected chi connectivity index (χ1v) is 8.69. The number of aromatic amines is 1. The minimum absolute atomic E-state index is 0.216. The zero-order chi connectivity index (χ0) is 15.0. The third-order valence-electron chi connectivity index (χ3n) is 3.19. The second kappa shape index (κ2) is 5.25. The Bertz CT molecular complexity index is 847. The van der Waals surface area contributed by atoms with E-state index in [2.05, 4.69) is 9.97 Å². The Labute approximate surface area is 127 Å². The molecule has 3 rings (SSSR count). The highest BCUT2D eigenvalue weighted by molar-refractivity contribution is 7.91. The molecule has 0 bridgehead atoms. The molecule has 1 N–H and O–H groups in total. The predicted molar refractivity (Wildman–Crippen MR) is 83.8 cm³/mol. The smallest absolute Gasteiger partial charge is 0.252 e. The molecule has 21 heavy (non-hydrogen) atoms. The van der Waals surface area contributed by atoms with Crippen LogP contribution < -0.4 is 0 Å². The summed E-state index contributed by atoms with van der Waals surface area (Å²) in [6, 6.07) is 11.1. The van der Waals surface area contributed by atoms with E-state index in [1.807, 2.05) is 37.3 Å². The van der Waals surface area contributed by atoms with E-state index < -0.39 is 10.0 Å². The molecule has 0 unspecified atom stereocenters. The molecule has 0 aliphatic rings. The molecule has 0 saturated carbocycles. The Balaban J connectivity index is 1.87. The highest BCUT2D eigenvalue weighted by Gasteiger charge is 2.23. The molecular formula is C14H15N3O2S2. The first kappa shape index (κ1) is 14.2. The molecule has 0 saturated heterocycles. The summed E-state index contributed by atoms with van der Waals surface area (Å²) < 4.78 is 26.6. The van der Waals surface area contributed by atoms with Crippen LogP contribution in [0.1, 0.15) is 10.7 Å². The van der Waals surface area contributed by atoms with Gasteiger partial charge in [0.05, 0.1) is 17.6 Å². The molecule has 0 radical (unpaired) electrons. The maximum atomic E-state index is 12.5. The Morgan fingerprint density at radius 3 is 2.67 bits per heavy atom. The average molecular weight is 321 g/mol. The fraction of sp³-hybridized carbons (Fsp3) is 0.214. The third kappa shape index (κ3) is 2.72. The van der Waals surface area contributed by atoms with Crippen molar-refractivity contribution in [2.75, 3.05) is 7.05 Å². The highest BCUT2D eigenvalue weighted by atomic mass is 32.2. The quantitative estimate of drug-likeness (QED) is 0.803. The summed E-state index contributed by atoms with van der Waals surface area (Å²) in [6.07, 6.45) is 0. The van der Waals surface area contributed by atoms with Crippen LogP contribution in [0.4, 0.5) is 0 Å². The zero-order valence-electron chi connectivity index (χ0n) is 11.7. The van der Waals surface area contributed by atoms with Gasteiger partial charge in [0, 0.05) is 11.9 Å². The molecule has 0 aliphatic carbocycles. The molecule has 2 aromatic heterocycles. The molecule has 110 valence electrons. The molecule has 1 aromatic carbocycles. The largest absolute Gasteiger partial charge is 0.341 e. The normalized spacial score (nSPS) is 12.3. The summed E-state index contributed by atoms with van der Waals surface area (Å²) in [7, 11) is -1.89. The number of thiophene rings is 1. The van der Waals surface area contributed by atoms with Crippen molar-refractivity contribution in [1.82, 2.24) is 14.3 Å². The van der Waals surface area contributed by atoms with Crippen LogP contribution in [0, 0.1) is 6.92 Å². The van der Waals surface area contributed by atoms with Gasteiger partial charge in [0.15, 0.2) is 0 Å². The number of aryl methyl sites for hydroxylation is 1. The molecule has 0 aliphatic heterocycles. The topological polar surface area (TPSA) is 66.1 Å². The van der Waals surface area contributed by atoms with Gasteiger partial charge in [-0.25, -0.2) is 13.4 Å². The van der Waals surface area contributed by atoms with Gasteiger partial charge in [-0.3, -0.25) is 0 Å². The van der Waals surface area contributed by atoms with Gasteiger partial charge in [-0.1, -0.05) is 12.1 Å². The van der Waals surface area contributed by atoms with Gasteiger partial charge in [-0.2, -0.15) is 4.31 Å². The molecule has 2 heterocycles. The Hall–Kier alpha value is -1.70. The maximum Gasteiger partial charge on any atom is 0.252 e. The molecule has 7 heteroatoms. The van der Waals surface area contributed by atoms with E-state index >= 15 is 0 Å². The number of nitrogens with one attached hydrogen (secondary N) is 1. The van der Waals surface area contributed by atoms with E-state index in [4.69, 9.17) is 0 Å².